The van der Waals surface area contributed by atoms with Crippen LogP contribution < -0.4 is 14.4 Å². The molecule has 0 spiro atoms. The Balaban J connectivity index is 1.40. The summed E-state index contributed by atoms with van der Waals surface area (Å²) in [5, 5.41) is 0.677. The van der Waals surface area contributed by atoms with Crippen molar-refractivity contribution in [3.63, 3.8) is 0 Å². The summed E-state index contributed by atoms with van der Waals surface area (Å²) in [6.07, 6.45) is 0.405. The normalized spacial score (nSPS) is 15.8. The maximum Gasteiger partial charge on any atom is 0.227 e. The molecule has 0 saturated carbocycles. The highest BCUT2D eigenvalue weighted by Gasteiger charge is 2.36. The summed E-state index contributed by atoms with van der Waals surface area (Å²) in [7, 11) is 0. The van der Waals surface area contributed by atoms with Crippen molar-refractivity contribution in [3.8, 4) is 11.5 Å². The van der Waals surface area contributed by atoms with Gasteiger partial charge >= 0.3 is 0 Å². The Hall–Kier alpha value is -3.51. The molecule has 2 heterocycles. The number of hydrogen-bond acceptors (Lipinski definition) is 4. The molecule has 174 valence electrons. The van der Waals surface area contributed by atoms with Crippen LogP contribution in [0.1, 0.15) is 25.1 Å². The second kappa shape index (κ2) is 9.77. The van der Waals surface area contributed by atoms with Gasteiger partial charge in [0.15, 0.2) is 0 Å². The molecule has 0 bridgehead atoms. The second-order valence-corrected chi connectivity index (χ2v) is 8.66. The number of para-hydroxylation sites is 4. The molecule has 0 N–H and O–H groups in total. The van der Waals surface area contributed by atoms with Gasteiger partial charge in [-0.15, -0.1) is 0 Å². The summed E-state index contributed by atoms with van der Waals surface area (Å²) in [6, 6.07) is 23.1. The minimum absolute atomic E-state index is 0.0230. The molecule has 1 unspecified atom stereocenters. The van der Waals surface area contributed by atoms with Gasteiger partial charge in [-0.25, -0.2) is 4.98 Å². The smallest absolute Gasteiger partial charge is 0.227 e. The zero-order valence-corrected chi connectivity index (χ0v) is 19.7. The molecule has 1 atom stereocenters. The van der Waals surface area contributed by atoms with Crippen LogP contribution in [0.4, 0.5) is 5.69 Å². The van der Waals surface area contributed by atoms with E-state index in [9.17, 15) is 4.79 Å². The lowest BCUT2D eigenvalue weighted by Crippen LogP contribution is -2.25. The molecule has 5 rings (SSSR count). The minimum atomic E-state index is -0.0230. The second-order valence-electron chi connectivity index (χ2n) is 8.22. The van der Waals surface area contributed by atoms with Crippen molar-refractivity contribution in [2.45, 2.75) is 25.8 Å². The molecule has 4 aromatic rings. The van der Waals surface area contributed by atoms with Gasteiger partial charge in [0, 0.05) is 23.9 Å². The van der Waals surface area contributed by atoms with E-state index in [4.69, 9.17) is 26.1 Å². The van der Waals surface area contributed by atoms with E-state index >= 15 is 0 Å². The third kappa shape index (κ3) is 4.46. The standard InChI is InChI=1S/C27H26ClN3O3/c1-2-33-25-10-6-5-9-24(25)31-18-19(17-26(31)32)27-29-22-7-3-4-8-23(22)30(27)15-16-34-21-13-11-20(28)12-14-21/h3-14,19H,2,15-18H2,1H3. The lowest BCUT2D eigenvalue weighted by Gasteiger charge is -2.20. The fourth-order valence-electron chi connectivity index (χ4n) is 4.50. The SMILES string of the molecule is CCOc1ccccc1N1CC(c2nc3ccccc3n2CCOc2ccc(Cl)cc2)CC1=O. The third-order valence-corrected chi connectivity index (χ3v) is 6.28. The number of rotatable bonds is 8. The molecule has 1 aliphatic heterocycles. The first-order valence-electron chi connectivity index (χ1n) is 11.5. The van der Waals surface area contributed by atoms with Crippen LogP contribution in [0.25, 0.3) is 11.0 Å². The van der Waals surface area contributed by atoms with Crippen LogP contribution in [0.5, 0.6) is 11.5 Å². The van der Waals surface area contributed by atoms with Crippen molar-refractivity contribution in [1.82, 2.24) is 9.55 Å². The predicted molar refractivity (Wildman–Crippen MR) is 134 cm³/mol. The number of nitrogens with zero attached hydrogens (tertiary/aromatic N) is 3. The van der Waals surface area contributed by atoms with Crippen LogP contribution in [0.15, 0.2) is 72.8 Å². The van der Waals surface area contributed by atoms with E-state index in [1.165, 1.54) is 0 Å². The van der Waals surface area contributed by atoms with Crippen molar-refractivity contribution in [2.75, 3.05) is 24.7 Å². The lowest BCUT2D eigenvalue weighted by molar-refractivity contribution is -0.117. The maximum atomic E-state index is 13.1. The molecular formula is C27H26ClN3O3. The van der Waals surface area contributed by atoms with Crippen molar-refractivity contribution < 1.29 is 14.3 Å². The van der Waals surface area contributed by atoms with Crippen LogP contribution in [0.3, 0.4) is 0 Å². The number of benzene rings is 3. The zero-order chi connectivity index (χ0) is 23.5. The van der Waals surface area contributed by atoms with Crippen LogP contribution in [-0.4, -0.2) is 35.2 Å². The topological polar surface area (TPSA) is 56.6 Å². The number of ether oxygens (including phenoxy) is 2. The predicted octanol–water partition coefficient (Wildman–Crippen LogP) is 5.69. The Kier molecular flexibility index (Phi) is 6.41. The number of hydrogen-bond donors (Lipinski definition) is 0. The number of halogens is 1. The first-order valence-corrected chi connectivity index (χ1v) is 11.9. The Bertz CT molecular complexity index is 1300. The summed E-state index contributed by atoms with van der Waals surface area (Å²) in [5.74, 6) is 2.46. The average Bonchev–Trinajstić information content (AvgIpc) is 3.41. The summed E-state index contributed by atoms with van der Waals surface area (Å²) < 4.78 is 13.9. The number of carbonyl (C=O) groups is 1. The largest absolute Gasteiger partial charge is 0.492 e. The molecule has 1 aliphatic rings. The highest BCUT2D eigenvalue weighted by Crippen LogP contribution is 2.37. The van der Waals surface area contributed by atoms with Gasteiger partial charge in [-0.05, 0) is 55.5 Å². The van der Waals surface area contributed by atoms with Gasteiger partial charge in [0.05, 0.1) is 29.9 Å². The van der Waals surface area contributed by atoms with Crippen molar-refractivity contribution in [2.24, 2.45) is 0 Å². The molecule has 34 heavy (non-hydrogen) atoms. The molecule has 6 nitrogen and oxygen atoms in total. The van der Waals surface area contributed by atoms with Crippen LogP contribution in [0.2, 0.25) is 5.02 Å². The lowest BCUT2D eigenvalue weighted by atomic mass is 10.1. The zero-order valence-electron chi connectivity index (χ0n) is 19.0. The van der Waals surface area contributed by atoms with Gasteiger partial charge in [-0.1, -0.05) is 35.9 Å². The van der Waals surface area contributed by atoms with Crippen LogP contribution in [0, 0.1) is 0 Å². The first-order chi connectivity index (χ1) is 16.6. The first kappa shape index (κ1) is 22.3. The molecule has 1 amide bonds. The monoisotopic (exact) mass is 475 g/mol. The Morgan fingerprint density at radius 2 is 1.76 bits per heavy atom. The summed E-state index contributed by atoms with van der Waals surface area (Å²) in [5.41, 5.74) is 2.77. The van der Waals surface area contributed by atoms with Gasteiger partial charge < -0.3 is 18.9 Å². The Labute approximate surface area is 203 Å². The van der Waals surface area contributed by atoms with E-state index < -0.39 is 0 Å². The van der Waals surface area contributed by atoms with Gasteiger partial charge in [0.2, 0.25) is 5.91 Å². The molecule has 1 saturated heterocycles. The fourth-order valence-corrected chi connectivity index (χ4v) is 4.62. The molecule has 7 heteroatoms. The highest BCUT2D eigenvalue weighted by molar-refractivity contribution is 6.30. The number of carbonyl (C=O) groups excluding carboxylic acids is 1. The average molecular weight is 476 g/mol. The van der Waals surface area contributed by atoms with Crippen molar-refractivity contribution in [3.05, 3.63) is 83.6 Å². The number of fused-ring (bicyclic) bond motifs is 1. The highest BCUT2D eigenvalue weighted by atomic mass is 35.5. The molecule has 1 aromatic heterocycles. The van der Waals surface area contributed by atoms with E-state index in [1.807, 2.05) is 78.6 Å². The van der Waals surface area contributed by atoms with E-state index in [1.54, 1.807) is 0 Å². The summed E-state index contributed by atoms with van der Waals surface area (Å²) in [6.45, 7) is 4.15. The summed E-state index contributed by atoms with van der Waals surface area (Å²) >= 11 is 5.97. The minimum Gasteiger partial charge on any atom is -0.492 e. The van der Waals surface area contributed by atoms with Crippen molar-refractivity contribution in [1.29, 1.82) is 0 Å². The molecule has 3 aromatic carbocycles. The fraction of sp³-hybridized carbons (Fsp3) is 0.259. The van der Waals surface area contributed by atoms with Gasteiger partial charge in [-0.2, -0.15) is 0 Å². The molecule has 1 fully saturated rings. The number of amides is 1. The Morgan fingerprint density at radius 1 is 1.00 bits per heavy atom. The molecular weight excluding hydrogens is 450 g/mol. The van der Waals surface area contributed by atoms with Gasteiger partial charge in [-0.3, -0.25) is 4.79 Å². The maximum absolute atomic E-state index is 13.1. The van der Waals surface area contributed by atoms with Crippen molar-refractivity contribution >= 4 is 34.2 Å². The number of aromatic nitrogens is 2. The van der Waals surface area contributed by atoms with E-state index in [0.29, 0.717) is 37.7 Å². The third-order valence-electron chi connectivity index (χ3n) is 6.03. The molecule has 0 aliphatic carbocycles. The molecule has 0 radical (unpaired) electrons. The number of imidazole rings is 1. The number of anilines is 1. The van der Waals surface area contributed by atoms with Gasteiger partial charge in [0.1, 0.15) is 23.9 Å². The van der Waals surface area contributed by atoms with Crippen LogP contribution >= 0.6 is 11.6 Å². The van der Waals surface area contributed by atoms with Gasteiger partial charge in [0.25, 0.3) is 0 Å². The quantitative estimate of drug-likeness (QED) is 0.328. The van der Waals surface area contributed by atoms with Crippen LogP contribution in [-0.2, 0) is 11.3 Å². The van der Waals surface area contributed by atoms with E-state index in [-0.39, 0.29) is 11.8 Å². The van der Waals surface area contributed by atoms with E-state index in [0.717, 1.165) is 34.0 Å². The van der Waals surface area contributed by atoms with E-state index in [2.05, 4.69) is 10.6 Å². The Morgan fingerprint density at radius 3 is 2.59 bits per heavy atom. The summed E-state index contributed by atoms with van der Waals surface area (Å²) in [4.78, 5) is 19.8.